The molecular formula is C19H16BrN3O3. The molecule has 2 heterocycles. The van der Waals surface area contributed by atoms with Crippen molar-refractivity contribution in [2.45, 2.75) is 25.8 Å². The fourth-order valence-electron chi connectivity index (χ4n) is 2.74. The van der Waals surface area contributed by atoms with Crippen molar-refractivity contribution in [3.05, 3.63) is 63.6 Å². The Morgan fingerprint density at radius 2 is 2.00 bits per heavy atom. The molecule has 0 aliphatic heterocycles. The highest BCUT2D eigenvalue weighted by molar-refractivity contribution is 9.10. The van der Waals surface area contributed by atoms with Crippen LogP contribution in [0.5, 0.6) is 0 Å². The number of nitrogens with one attached hydrogen (secondary N) is 2. The zero-order chi connectivity index (χ0) is 18.3. The number of nitrogens with zero attached hydrogens (tertiary/aromatic N) is 1. The summed E-state index contributed by atoms with van der Waals surface area (Å²) in [7, 11) is 0. The lowest BCUT2D eigenvalue weighted by atomic mass is 9.99. The number of halogens is 1. The number of amides is 1. The summed E-state index contributed by atoms with van der Waals surface area (Å²) in [5.41, 5.74) is 2.46. The largest absolute Gasteiger partial charge is 0.360 e. The van der Waals surface area contributed by atoms with Crippen LogP contribution in [0.4, 0.5) is 0 Å². The second-order valence-electron chi connectivity index (χ2n) is 6.35. The summed E-state index contributed by atoms with van der Waals surface area (Å²) in [6.45, 7) is 1.70. The first-order valence-corrected chi connectivity index (χ1v) is 9.08. The Morgan fingerprint density at radius 1 is 1.27 bits per heavy atom. The Balaban J connectivity index is 1.64. The van der Waals surface area contributed by atoms with Crippen molar-refractivity contribution in [1.29, 1.82) is 0 Å². The van der Waals surface area contributed by atoms with Gasteiger partial charge in [0.05, 0.1) is 5.56 Å². The van der Waals surface area contributed by atoms with Crippen LogP contribution in [0, 0.1) is 6.92 Å². The minimum absolute atomic E-state index is 0.193. The van der Waals surface area contributed by atoms with Crippen molar-refractivity contribution in [3.8, 4) is 11.3 Å². The van der Waals surface area contributed by atoms with E-state index in [1.807, 2.05) is 24.3 Å². The lowest BCUT2D eigenvalue weighted by Crippen LogP contribution is -2.25. The van der Waals surface area contributed by atoms with Crippen LogP contribution in [0.2, 0.25) is 0 Å². The fourth-order valence-corrected chi connectivity index (χ4v) is 3.00. The first-order valence-electron chi connectivity index (χ1n) is 8.29. The number of hydrogen-bond donors (Lipinski definition) is 2. The van der Waals surface area contributed by atoms with E-state index < -0.39 is 0 Å². The molecule has 2 aromatic heterocycles. The van der Waals surface area contributed by atoms with Crippen LogP contribution in [-0.4, -0.2) is 27.9 Å². The van der Waals surface area contributed by atoms with Gasteiger partial charge in [-0.05, 0) is 38.0 Å². The zero-order valence-corrected chi connectivity index (χ0v) is 15.6. The van der Waals surface area contributed by atoms with E-state index in [4.69, 9.17) is 4.52 Å². The second-order valence-corrected chi connectivity index (χ2v) is 7.26. The highest BCUT2D eigenvalue weighted by atomic mass is 79.9. The lowest BCUT2D eigenvalue weighted by Gasteiger charge is -2.01. The molecule has 26 heavy (non-hydrogen) atoms. The Kier molecular flexibility index (Phi) is 4.24. The molecule has 3 aromatic rings. The van der Waals surface area contributed by atoms with Crippen molar-refractivity contribution >= 4 is 27.6 Å². The monoisotopic (exact) mass is 413 g/mol. The molecule has 4 rings (SSSR count). The minimum Gasteiger partial charge on any atom is -0.360 e. The summed E-state index contributed by atoms with van der Waals surface area (Å²) in [4.78, 5) is 28.0. The first-order chi connectivity index (χ1) is 12.5. The maximum Gasteiger partial charge on any atom is 0.267 e. The number of aryl methyl sites for hydroxylation is 1. The van der Waals surface area contributed by atoms with Gasteiger partial charge in [-0.25, -0.2) is 0 Å². The Hall–Kier alpha value is -2.67. The smallest absolute Gasteiger partial charge is 0.267 e. The lowest BCUT2D eigenvalue weighted by molar-refractivity contribution is 0.0946. The van der Waals surface area contributed by atoms with Gasteiger partial charge in [0.25, 0.3) is 5.91 Å². The van der Waals surface area contributed by atoms with Gasteiger partial charge in [0.15, 0.2) is 5.78 Å². The van der Waals surface area contributed by atoms with E-state index in [1.165, 1.54) is 0 Å². The zero-order valence-electron chi connectivity index (χ0n) is 14.0. The van der Waals surface area contributed by atoms with E-state index in [0.717, 1.165) is 22.9 Å². The SMILES string of the molecule is Cc1onc(-c2ccc(Br)cc2)c1C(=O)c1c[nH]c(C(=O)NC2CC2)c1. The predicted molar refractivity (Wildman–Crippen MR) is 99.1 cm³/mol. The van der Waals surface area contributed by atoms with Crippen molar-refractivity contribution in [2.24, 2.45) is 0 Å². The third-order valence-electron chi connectivity index (χ3n) is 4.31. The topological polar surface area (TPSA) is 88.0 Å². The summed E-state index contributed by atoms with van der Waals surface area (Å²) in [6, 6.07) is 9.31. The fraction of sp³-hybridized carbons (Fsp3) is 0.211. The molecule has 7 heteroatoms. The number of ketones is 1. The van der Waals surface area contributed by atoms with Crippen molar-refractivity contribution < 1.29 is 14.1 Å². The number of carbonyl (C=O) groups excluding carboxylic acids is 2. The van der Waals surface area contributed by atoms with Gasteiger partial charge in [0.2, 0.25) is 0 Å². The molecule has 0 radical (unpaired) electrons. The molecule has 2 N–H and O–H groups in total. The van der Waals surface area contributed by atoms with Crippen LogP contribution in [0.15, 0.2) is 45.5 Å². The van der Waals surface area contributed by atoms with Crippen LogP contribution in [-0.2, 0) is 0 Å². The van der Waals surface area contributed by atoms with Crippen LogP contribution in [0.1, 0.15) is 45.0 Å². The summed E-state index contributed by atoms with van der Waals surface area (Å²) < 4.78 is 6.20. The van der Waals surface area contributed by atoms with Gasteiger partial charge >= 0.3 is 0 Å². The molecule has 0 saturated heterocycles. The summed E-state index contributed by atoms with van der Waals surface area (Å²) in [5.74, 6) is 0.0169. The van der Waals surface area contributed by atoms with Gasteiger partial charge in [-0.2, -0.15) is 0 Å². The van der Waals surface area contributed by atoms with Crippen LogP contribution < -0.4 is 5.32 Å². The Bertz CT molecular complexity index is 984. The van der Waals surface area contributed by atoms with Gasteiger partial charge in [-0.1, -0.05) is 33.2 Å². The molecule has 1 saturated carbocycles. The molecule has 0 spiro atoms. The summed E-state index contributed by atoms with van der Waals surface area (Å²) >= 11 is 3.39. The van der Waals surface area contributed by atoms with E-state index in [-0.39, 0.29) is 17.7 Å². The quantitative estimate of drug-likeness (QED) is 0.621. The number of benzene rings is 1. The molecule has 0 bridgehead atoms. The van der Waals surface area contributed by atoms with E-state index in [2.05, 4.69) is 31.4 Å². The van der Waals surface area contributed by atoms with E-state index in [0.29, 0.717) is 28.3 Å². The standard InChI is InChI=1S/C19H16BrN3O3/c1-10-16(17(23-26-10)11-2-4-13(20)5-3-11)18(24)12-8-15(21-9-12)19(25)22-14-6-7-14/h2-5,8-9,14,21H,6-7H2,1H3,(H,22,25). The highest BCUT2D eigenvalue weighted by Gasteiger charge is 2.26. The normalized spacial score (nSPS) is 13.6. The highest BCUT2D eigenvalue weighted by Crippen LogP contribution is 2.29. The summed E-state index contributed by atoms with van der Waals surface area (Å²) in [6.07, 6.45) is 3.56. The average molecular weight is 414 g/mol. The van der Waals surface area contributed by atoms with Crippen LogP contribution in [0.3, 0.4) is 0 Å². The van der Waals surface area contributed by atoms with Crippen molar-refractivity contribution in [1.82, 2.24) is 15.5 Å². The maximum atomic E-state index is 13.0. The van der Waals surface area contributed by atoms with Crippen LogP contribution >= 0.6 is 15.9 Å². The van der Waals surface area contributed by atoms with E-state index in [1.54, 1.807) is 19.2 Å². The number of H-pyrrole nitrogens is 1. The molecule has 0 atom stereocenters. The number of hydrogen-bond acceptors (Lipinski definition) is 4. The second kappa shape index (κ2) is 6.57. The predicted octanol–water partition coefficient (Wildman–Crippen LogP) is 3.86. The van der Waals surface area contributed by atoms with Crippen LogP contribution in [0.25, 0.3) is 11.3 Å². The van der Waals surface area contributed by atoms with Gasteiger partial charge in [-0.15, -0.1) is 0 Å². The van der Waals surface area contributed by atoms with Crippen molar-refractivity contribution in [2.75, 3.05) is 0 Å². The number of carbonyl (C=O) groups is 2. The molecule has 0 unspecified atom stereocenters. The summed E-state index contributed by atoms with van der Waals surface area (Å²) in [5, 5.41) is 6.95. The minimum atomic E-state index is -0.233. The maximum absolute atomic E-state index is 13.0. The first kappa shape index (κ1) is 16.8. The molecule has 1 aliphatic carbocycles. The Labute approximate surface area is 158 Å². The molecular weight excluding hydrogens is 398 g/mol. The van der Waals surface area contributed by atoms with Gasteiger partial charge in [-0.3, -0.25) is 9.59 Å². The number of aromatic amines is 1. The Morgan fingerprint density at radius 3 is 2.69 bits per heavy atom. The van der Waals surface area contributed by atoms with Crippen molar-refractivity contribution in [3.63, 3.8) is 0 Å². The van der Waals surface area contributed by atoms with E-state index >= 15 is 0 Å². The third kappa shape index (κ3) is 3.22. The third-order valence-corrected chi connectivity index (χ3v) is 4.84. The molecule has 1 aliphatic rings. The van der Waals surface area contributed by atoms with Gasteiger partial charge < -0.3 is 14.8 Å². The average Bonchev–Trinajstić information content (AvgIpc) is 3.16. The number of aromatic nitrogens is 2. The molecule has 6 nitrogen and oxygen atoms in total. The molecule has 1 amide bonds. The molecule has 1 fully saturated rings. The van der Waals surface area contributed by atoms with Gasteiger partial charge in [0.1, 0.15) is 17.1 Å². The number of rotatable bonds is 5. The molecule has 1 aromatic carbocycles. The van der Waals surface area contributed by atoms with Gasteiger partial charge in [0, 0.05) is 27.8 Å². The molecule has 132 valence electrons. The van der Waals surface area contributed by atoms with E-state index in [9.17, 15) is 9.59 Å².